The van der Waals surface area contributed by atoms with E-state index in [0.717, 1.165) is 0 Å². The van der Waals surface area contributed by atoms with Crippen molar-refractivity contribution >= 4 is 47.8 Å². The molecule has 15 heavy (non-hydrogen) atoms. The Labute approximate surface area is 117 Å². The highest BCUT2D eigenvalue weighted by Gasteiger charge is 2.32. The molecule has 2 aliphatic carbocycles. The van der Waals surface area contributed by atoms with Gasteiger partial charge in [-0.05, 0) is 31.1 Å². The van der Waals surface area contributed by atoms with E-state index in [2.05, 4.69) is 72.1 Å². The van der Waals surface area contributed by atoms with Gasteiger partial charge < -0.3 is 0 Å². The lowest BCUT2D eigenvalue weighted by Crippen LogP contribution is -2.31. The van der Waals surface area contributed by atoms with Crippen LogP contribution in [0.15, 0.2) is 24.3 Å². The lowest BCUT2D eigenvalue weighted by molar-refractivity contribution is 0.384. The summed E-state index contributed by atoms with van der Waals surface area (Å²) in [6.07, 6.45) is 12.8. The topological polar surface area (TPSA) is 0 Å². The number of rotatable bonds is 0. The first kappa shape index (κ1) is 12.4. The van der Waals surface area contributed by atoms with Crippen LogP contribution in [0.3, 0.4) is 0 Å². The third-order valence-electron chi connectivity index (χ3n) is 3.32. The summed E-state index contributed by atoms with van der Waals surface area (Å²) in [7, 11) is 0. The second-order valence-electron chi connectivity index (χ2n) is 4.37. The van der Waals surface area contributed by atoms with Gasteiger partial charge in [0.1, 0.15) is 0 Å². The quantitative estimate of drug-likeness (QED) is 0.513. The van der Waals surface area contributed by atoms with Crippen LogP contribution in [0.2, 0.25) is 0 Å². The fraction of sp³-hybridized carbons (Fsp3) is 0.667. The van der Waals surface area contributed by atoms with Gasteiger partial charge in [-0.3, -0.25) is 0 Å². The lowest BCUT2D eigenvalue weighted by atomic mass is 9.79. The average molecular weight is 399 g/mol. The summed E-state index contributed by atoms with van der Waals surface area (Å²) in [4.78, 5) is 1.84. The SMILES string of the molecule is BrC1CCC(Br)C2C=CC=CC2CC1Br. The molecule has 0 bridgehead atoms. The molecule has 2 aliphatic rings. The maximum Gasteiger partial charge on any atom is 0.0276 e. The predicted molar refractivity (Wildman–Crippen MR) is 77.3 cm³/mol. The molecule has 0 N–H and O–H groups in total. The third kappa shape index (κ3) is 2.98. The highest BCUT2D eigenvalue weighted by molar-refractivity contribution is 9.12. The molecular weight excluding hydrogens is 384 g/mol. The van der Waals surface area contributed by atoms with Crippen LogP contribution in [0, 0.1) is 11.8 Å². The smallest absolute Gasteiger partial charge is 0.0276 e. The standard InChI is InChI=1S/C12H15Br3/c13-10-5-6-11(14)12(15)7-8-3-1-2-4-9(8)10/h1-4,8-12H,5-7H2. The Morgan fingerprint density at radius 1 is 0.800 bits per heavy atom. The summed E-state index contributed by atoms with van der Waals surface area (Å²) >= 11 is 11.4. The van der Waals surface area contributed by atoms with Gasteiger partial charge in [-0.25, -0.2) is 0 Å². The minimum atomic E-state index is 0.598. The van der Waals surface area contributed by atoms with E-state index in [-0.39, 0.29) is 0 Å². The third-order valence-corrected chi connectivity index (χ3v) is 7.21. The average Bonchev–Trinajstić information content (AvgIpc) is 2.24. The Kier molecular flexibility index (Phi) is 4.54. The molecule has 0 radical (unpaired) electrons. The Hall–Kier alpha value is 0.920. The first-order chi connectivity index (χ1) is 7.18. The fourth-order valence-corrected chi connectivity index (χ4v) is 4.40. The molecule has 0 heterocycles. The van der Waals surface area contributed by atoms with Gasteiger partial charge in [0.15, 0.2) is 0 Å². The van der Waals surface area contributed by atoms with E-state index < -0.39 is 0 Å². The van der Waals surface area contributed by atoms with Gasteiger partial charge in [0.05, 0.1) is 0 Å². The van der Waals surface area contributed by atoms with Crippen molar-refractivity contribution in [1.29, 1.82) is 0 Å². The van der Waals surface area contributed by atoms with Gasteiger partial charge >= 0.3 is 0 Å². The van der Waals surface area contributed by atoms with Crippen molar-refractivity contribution in [1.82, 2.24) is 0 Å². The normalized spacial score (nSPS) is 45.7. The van der Waals surface area contributed by atoms with Gasteiger partial charge in [-0.15, -0.1) is 0 Å². The summed E-state index contributed by atoms with van der Waals surface area (Å²) in [5.74, 6) is 1.36. The van der Waals surface area contributed by atoms with Gasteiger partial charge in [0.25, 0.3) is 0 Å². The summed E-state index contributed by atoms with van der Waals surface area (Å²) in [5, 5.41) is 0. The zero-order valence-electron chi connectivity index (χ0n) is 8.45. The molecule has 3 heteroatoms. The number of fused-ring (bicyclic) bond motifs is 1. The monoisotopic (exact) mass is 396 g/mol. The summed E-state index contributed by atoms with van der Waals surface area (Å²) in [6, 6.07) is 0. The number of hydrogen-bond acceptors (Lipinski definition) is 0. The maximum atomic E-state index is 3.84. The van der Waals surface area contributed by atoms with E-state index in [1.165, 1.54) is 19.3 Å². The lowest BCUT2D eigenvalue weighted by Gasteiger charge is -2.34. The minimum Gasteiger partial charge on any atom is -0.0884 e. The van der Waals surface area contributed by atoms with Crippen LogP contribution >= 0.6 is 47.8 Å². The van der Waals surface area contributed by atoms with Crippen LogP contribution in [0.1, 0.15) is 19.3 Å². The van der Waals surface area contributed by atoms with E-state index in [0.29, 0.717) is 26.3 Å². The van der Waals surface area contributed by atoms with Crippen molar-refractivity contribution in [2.75, 3.05) is 0 Å². The van der Waals surface area contributed by atoms with Crippen molar-refractivity contribution < 1.29 is 0 Å². The van der Waals surface area contributed by atoms with Crippen molar-refractivity contribution in [3.05, 3.63) is 24.3 Å². The van der Waals surface area contributed by atoms with Crippen molar-refractivity contribution in [2.45, 2.75) is 33.7 Å². The fourth-order valence-electron chi connectivity index (χ4n) is 2.39. The zero-order valence-corrected chi connectivity index (χ0v) is 13.2. The molecule has 5 atom stereocenters. The highest BCUT2D eigenvalue weighted by atomic mass is 79.9. The van der Waals surface area contributed by atoms with E-state index in [1.807, 2.05) is 0 Å². The second kappa shape index (κ2) is 5.50. The Bertz CT molecular complexity index is 272. The number of allylic oxidation sites excluding steroid dienone is 4. The first-order valence-corrected chi connectivity index (χ1v) is 8.20. The molecule has 0 saturated heterocycles. The number of hydrogen-bond donors (Lipinski definition) is 0. The summed E-state index contributed by atoms with van der Waals surface area (Å²) in [5.41, 5.74) is 0. The molecule has 1 saturated carbocycles. The van der Waals surface area contributed by atoms with Gasteiger partial charge in [0, 0.05) is 14.5 Å². The van der Waals surface area contributed by atoms with Crippen LogP contribution in [0.5, 0.6) is 0 Å². The molecule has 1 fully saturated rings. The molecule has 0 aromatic carbocycles. The van der Waals surface area contributed by atoms with E-state index in [4.69, 9.17) is 0 Å². The molecule has 0 aromatic rings. The molecule has 0 nitrogen and oxygen atoms in total. The molecule has 84 valence electrons. The molecular formula is C12H15Br3. The van der Waals surface area contributed by atoms with Crippen molar-refractivity contribution in [2.24, 2.45) is 11.8 Å². The highest BCUT2D eigenvalue weighted by Crippen LogP contribution is 2.39. The number of halogens is 3. The zero-order chi connectivity index (χ0) is 10.8. The van der Waals surface area contributed by atoms with Gasteiger partial charge in [-0.1, -0.05) is 72.1 Å². The van der Waals surface area contributed by atoms with E-state index in [1.54, 1.807) is 0 Å². The Morgan fingerprint density at radius 2 is 1.47 bits per heavy atom. The van der Waals surface area contributed by atoms with Crippen molar-refractivity contribution in [3.63, 3.8) is 0 Å². The summed E-state index contributed by atoms with van der Waals surface area (Å²) < 4.78 is 0. The largest absolute Gasteiger partial charge is 0.0884 e. The van der Waals surface area contributed by atoms with E-state index >= 15 is 0 Å². The second-order valence-corrected chi connectivity index (χ2v) is 7.90. The minimum absolute atomic E-state index is 0.598. The summed E-state index contributed by atoms with van der Waals surface area (Å²) in [6.45, 7) is 0. The number of alkyl halides is 3. The van der Waals surface area contributed by atoms with Crippen LogP contribution in [-0.2, 0) is 0 Å². The molecule has 0 aliphatic heterocycles. The van der Waals surface area contributed by atoms with Gasteiger partial charge in [-0.2, -0.15) is 0 Å². The van der Waals surface area contributed by atoms with Crippen LogP contribution in [0.25, 0.3) is 0 Å². The first-order valence-electron chi connectivity index (χ1n) is 5.45. The Balaban J connectivity index is 2.13. The molecule has 2 rings (SSSR count). The van der Waals surface area contributed by atoms with Gasteiger partial charge in [0.2, 0.25) is 0 Å². The maximum absolute atomic E-state index is 3.84. The Morgan fingerprint density at radius 3 is 2.27 bits per heavy atom. The molecule has 0 aromatic heterocycles. The molecule has 0 spiro atoms. The van der Waals surface area contributed by atoms with Crippen LogP contribution < -0.4 is 0 Å². The van der Waals surface area contributed by atoms with E-state index in [9.17, 15) is 0 Å². The van der Waals surface area contributed by atoms with Crippen LogP contribution in [0.4, 0.5) is 0 Å². The van der Waals surface area contributed by atoms with Crippen molar-refractivity contribution in [3.8, 4) is 0 Å². The molecule has 0 amide bonds. The predicted octanol–water partition coefficient (Wildman–Crippen LogP) is 4.82. The molecule has 5 unspecified atom stereocenters. The van der Waals surface area contributed by atoms with Crippen LogP contribution in [-0.4, -0.2) is 14.5 Å².